The van der Waals surface area contributed by atoms with Crippen LogP contribution in [-0.4, -0.2) is 21.6 Å². The van der Waals surface area contributed by atoms with Crippen LogP contribution < -0.4 is 10.9 Å². The van der Waals surface area contributed by atoms with Gasteiger partial charge in [0.15, 0.2) is 0 Å². The standard InChI is InChI=1S/C22H24ClN3O2S2/c1-2-16(13-6-5-7-14(23)10-13)24-19(27)12-29-11-18-25-21(28)20-15-8-3-4-9-17(15)30-22(20)26-18/h5-7,10,16H,2-4,8-9,11-12H2,1H3,(H,24,27)(H,25,26,28). The zero-order valence-corrected chi connectivity index (χ0v) is 19.2. The molecule has 1 amide bonds. The minimum atomic E-state index is -0.0662. The van der Waals surface area contributed by atoms with Crippen molar-refractivity contribution < 1.29 is 4.79 Å². The van der Waals surface area contributed by atoms with Crippen LogP contribution >= 0.6 is 34.7 Å². The lowest BCUT2D eigenvalue weighted by molar-refractivity contribution is -0.119. The number of aromatic amines is 1. The molecular weight excluding hydrogens is 438 g/mol. The van der Waals surface area contributed by atoms with Crippen molar-refractivity contribution in [3.05, 3.63) is 61.5 Å². The van der Waals surface area contributed by atoms with Gasteiger partial charge in [-0.15, -0.1) is 23.1 Å². The number of nitrogens with zero attached hydrogens (tertiary/aromatic N) is 1. The van der Waals surface area contributed by atoms with Crippen molar-refractivity contribution in [2.45, 2.75) is 50.8 Å². The molecule has 8 heteroatoms. The smallest absolute Gasteiger partial charge is 0.259 e. The molecule has 0 radical (unpaired) electrons. The van der Waals surface area contributed by atoms with Crippen LogP contribution in [0.4, 0.5) is 0 Å². The third-order valence-corrected chi connectivity index (χ3v) is 7.71. The number of amides is 1. The molecular formula is C22H24ClN3O2S2. The Morgan fingerprint density at radius 3 is 3.00 bits per heavy atom. The number of nitrogens with one attached hydrogen (secondary N) is 2. The third-order valence-electron chi connectivity index (χ3n) is 5.34. The summed E-state index contributed by atoms with van der Waals surface area (Å²) in [6.45, 7) is 2.03. The van der Waals surface area contributed by atoms with Crippen molar-refractivity contribution in [3.8, 4) is 0 Å². The SMILES string of the molecule is CCC(NC(=O)CSCc1nc2sc3c(c2c(=O)[nH]1)CCCC3)c1cccc(Cl)c1. The Morgan fingerprint density at radius 2 is 2.20 bits per heavy atom. The predicted molar refractivity (Wildman–Crippen MR) is 126 cm³/mol. The summed E-state index contributed by atoms with van der Waals surface area (Å²) >= 11 is 9.17. The summed E-state index contributed by atoms with van der Waals surface area (Å²) in [5.41, 5.74) is 2.15. The molecule has 0 bridgehead atoms. The van der Waals surface area contributed by atoms with Gasteiger partial charge in [-0.2, -0.15) is 0 Å². The highest BCUT2D eigenvalue weighted by atomic mass is 35.5. The van der Waals surface area contributed by atoms with Gasteiger partial charge in [-0.1, -0.05) is 30.7 Å². The molecule has 0 aliphatic heterocycles. The monoisotopic (exact) mass is 461 g/mol. The lowest BCUT2D eigenvalue weighted by Crippen LogP contribution is -2.29. The first-order valence-electron chi connectivity index (χ1n) is 10.2. The second-order valence-corrected chi connectivity index (χ2v) is 9.99. The molecule has 0 spiro atoms. The van der Waals surface area contributed by atoms with E-state index in [0.29, 0.717) is 22.4 Å². The quantitative estimate of drug-likeness (QED) is 0.518. The number of halogens is 1. The maximum Gasteiger partial charge on any atom is 0.259 e. The predicted octanol–water partition coefficient (Wildman–Crippen LogP) is 5.02. The van der Waals surface area contributed by atoms with E-state index in [-0.39, 0.29) is 17.5 Å². The molecule has 1 atom stereocenters. The summed E-state index contributed by atoms with van der Waals surface area (Å²) in [5.74, 6) is 1.39. The van der Waals surface area contributed by atoms with Crippen LogP contribution in [0, 0.1) is 0 Å². The minimum absolute atomic E-state index is 0.0400. The Hall–Kier alpha value is -1.83. The number of carbonyl (C=O) groups is 1. The number of aromatic nitrogens is 2. The van der Waals surface area contributed by atoms with Crippen LogP contribution in [0.25, 0.3) is 10.2 Å². The van der Waals surface area contributed by atoms with E-state index in [1.807, 2.05) is 31.2 Å². The average molecular weight is 462 g/mol. The number of fused-ring (bicyclic) bond motifs is 3. The summed E-state index contributed by atoms with van der Waals surface area (Å²) in [6, 6.07) is 7.50. The Kier molecular flexibility index (Phi) is 6.80. The van der Waals surface area contributed by atoms with Crippen LogP contribution in [0.15, 0.2) is 29.1 Å². The van der Waals surface area contributed by atoms with Gasteiger partial charge in [-0.25, -0.2) is 4.98 Å². The van der Waals surface area contributed by atoms with Gasteiger partial charge < -0.3 is 10.3 Å². The molecule has 158 valence electrons. The molecule has 2 heterocycles. The van der Waals surface area contributed by atoms with Crippen LogP contribution in [0.2, 0.25) is 5.02 Å². The normalized spacial score (nSPS) is 14.5. The van der Waals surface area contributed by atoms with E-state index in [4.69, 9.17) is 11.6 Å². The van der Waals surface area contributed by atoms with E-state index in [0.717, 1.165) is 41.5 Å². The molecule has 1 aliphatic carbocycles. The van der Waals surface area contributed by atoms with Gasteiger partial charge in [0.05, 0.1) is 22.9 Å². The second kappa shape index (κ2) is 9.54. The number of hydrogen-bond donors (Lipinski definition) is 2. The number of benzene rings is 1. The van der Waals surface area contributed by atoms with Crippen LogP contribution in [-0.2, 0) is 23.4 Å². The number of H-pyrrole nitrogens is 1. The second-order valence-electron chi connectivity index (χ2n) is 7.48. The highest BCUT2D eigenvalue weighted by molar-refractivity contribution is 7.99. The topological polar surface area (TPSA) is 74.8 Å². The summed E-state index contributed by atoms with van der Waals surface area (Å²) < 4.78 is 0. The first kappa shape index (κ1) is 21.4. The maximum absolute atomic E-state index is 12.6. The third kappa shape index (κ3) is 4.74. The first-order valence-corrected chi connectivity index (χ1v) is 12.6. The van der Waals surface area contributed by atoms with Gasteiger partial charge in [0.1, 0.15) is 10.7 Å². The number of aryl methyl sites for hydroxylation is 2. The first-order chi connectivity index (χ1) is 14.5. The molecule has 0 fully saturated rings. The van der Waals surface area contributed by atoms with Crippen molar-refractivity contribution in [1.29, 1.82) is 0 Å². The molecule has 2 aromatic heterocycles. The molecule has 5 nitrogen and oxygen atoms in total. The molecule has 1 unspecified atom stereocenters. The largest absolute Gasteiger partial charge is 0.349 e. The molecule has 1 aliphatic rings. The number of thioether (sulfide) groups is 1. The van der Waals surface area contributed by atoms with Crippen molar-refractivity contribution in [1.82, 2.24) is 15.3 Å². The Morgan fingerprint density at radius 1 is 1.37 bits per heavy atom. The van der Waals surface area contributed by atoms with Crippen LogP contribution in [0.5, 0.6) is 0 Å². The number of thiophene rings is 1. The van der Waals surface area contributed by atoms with E-state index >= 15 is 0 Å². The molecule has 2 N–H and O–H groups in total. The summed E-state index contributed by atoms with van der Waals surface area (Å²) in [6.07, 6.45) is 5.12. The van der Waals surface area contributed by atoms with Gasteiger partial charge >= 0.3 is 0 Å². The highest BCUT2D eigenvalue weighted by Gasteiger charge is 2.20. The number of rotatable bonds is 7. The minimum Gasteiger partial charge on any atom is -0.349 e. The molecule has 1 aromatic carbocycles. The van der Waals surface area contributed by atoms with E-state index in [2.05, 4.69) is 15.3 Å². The van der Waals surface area contributed by atoms with Crippen molar-refractivity contribution in [2.75, 3.05) is 5.75 Å². The van der Waals surface area contributed by atoms with Gasteiger partial charge in [0.2, 0.25) is 5.91 Å². The van der Waals surface area contributed by atoms with E-state index in [9.17, 15) is 9.59 Å². The highest BCUT2D eigenvalue weighted by Crippen LogP contribution is 2.33. The lowest BCUT2D eigenvalue weighted by Gasteiger charge is -2.17. The fourth-order valence-corrected chi connectivity index (χ4v) is 6.08. The maximum atomic E-state index is 12.6. The molecule has 3 aromatic rings. The summed E-state index contributed by atoms with van der Waals surface area (Å²) in [4.78, 5) is 34.8. The Labute approximate surface area is 188 Å². The number of carbonyl (C=O) groups excluding carboxylic acids is 1. The van der Waals surface area contributed by atoms with Crippen molar-refractivity contribution in [3.63, 3.8) is 0 Å². The Balaban J connectivity index is 1.37. The van der Waals surface area contributed by atoms with Crippen molar-refractivity contribution in [2.24, 2.45) is 0 Å². The Bertz CT molecular complexity index is 1130. The zero-order valence-electron chi connectivity index (χ0n) is 16.8. The average Bonchev–Trinajstić information content (AvgIpc) is 3.11. The van der Waals surface area contributed by atoms with E-state index in [1.165, 1.54) is 28.6 Å². The van der Waals surface area contributed by atoms with Gasteiger partial charge in [0.25, 0.3) is 5.56 Å². The fourth-order valence-electron chi connectivity index (χ4n) is 3.90. The van der Waals surface area contributed by atoms with Gasteiger partial charge in [-0.05, 0) is 55.4 Å². The summed E-state index contributed by atoms with van der Waals surface area (Å²) in [7, 11) is 0. The van der Waals surface area contributed by atoms with Gasteiger partial charge in [0, 0.05) is 9.90 Å². The van der Waals surface area contributed by atoms with E-state index < -0.39 is 0 Å². The van der Waals surface area contributed by atoms with Crippen LogP contribution in [0.3, 0.4) is 0 Å². The molecule has 30 heavy (non-hydrogen) atoms. The van der Waals surface area contributed by atoms with E-state index in [1.54, 1.807) is 11.3 Å². The number of hydrogen-bond acceptors (Lipinski definition) is 5. The molecule has 0 saturated carbocycles. The molecule has 4 rings (SSSR count). The van der Waals surface area contributed by atoms with Crippen molar-refractivity contribution >= 4 is 50.8 Å². The lowest BCUT2D eigenvalue weighted by atomic mass is 9.97. The fraction of sp³-hybridized carbons (Fsp3) is 0.409. The molecule has 0 saturated heterocycles. The van der Waals surface area contributed by atoms with Gasteiger partial charge in [-0.3, -0.25) is 9.59 Å². The van der Waals surface area contributed by atoms with Crippen LogP contribution in [0.1, 0.15) is 54.1 Å². The zero-order chi connectivity index (χ0) is 21.1. The summed E-state index contributed by atoms with van der Waals surface area (Å²) in [5, 5.41) is 4.50.